The molecule has 0 radical (unpaired) electrons. The van der Waals surface area contributed by atoms with Gasteiger partial charge in [0.05, 0.1) is 13.5 Å². The van der Waals surface area contributed by atoms with Gasteiger partial charge in [-0.05, 0) is 0 Å². The van der Waals surface area contributed by atoms with Crippen molar-refractivity contribution in [2.75, 3.05) is 7.11 Å². The largest absolute Gasteiger partial charge is 0.481 e. The van der Waals surface area contributed by atoms with Crippen molar-refractivity contribution in [3.8, 4) is 0 Å². The number of carboxylic acids is 1. The van der Waals surface area contributed by atoms with Crippen molar-refractivity contribution >= 4 is 17.8 Å². The van der Waals surface area contributed by atoms with E-state index >= 15 is 0 Å². The van der Waals surface area contributed by atoms with Gasteiger partial charge in [0.1, 0.15) is 6.04 Å². The zero-order chi connectivity index (χ0) is 27.9. The zero-order valence-electron chi connectivity index (χ0n) is 15.5. The molecule has 0 saturated carbocycles. The van der Waals surface area contributed by atoms with Crippen LogP contribution < -0.4 is 5.32 Å². The van der Waals surface area contributed by atoms with Gasteiger partial charge in [-0.15, -0.1) is 0 Å². The number of carboxylic acid groups (broad SMARTS) is 1. The number of nitrogens with one attached hydrogen (secondary N) is 1. The molecule has 0 aliphatic carbocycles. The Labute approximate surface area is 176 Å². The first-order valence-electron chi connectivity index (χ1n) is 7.62. The first-order chi connectivity index (χ1) is 14.7. The molecule has 0 aliphatic rings. The number of halogens is 15. The molecule has 1 atom stereocenters. The van der Waals surface area contributed by atoms with Gasteiger partial charge >= 0.3 is 53.7 Å². The van der Waals surface area contributed by atoms with E-state index in [9.17, 15) is 80.2 Å². The van der Waals surface area contributed by atoms with Crippen molar-refractivity contribution in [2.45, 2.75) is 54.2 Å². The molecule has 0 bridgehead atoms. The quantitative estimate of drug-likeness (QED) is 0.325. The minimum Gasteiger partial charge on any atom is -0.481 e. The Morgan fingerprint density at radius 2 is 1.06 bits per heavy atom. The fourth-order valence-electron chi connectivity index (χ4n) is 1.87. The second-order valence-corrected chi connectivity index (χ2v) is 6.09. The van der Waals surface area contributed by atoms with E-state index in [2.05, 4.69) is 4.74 Å². The maximum absolute atomic E-state index is 13.7. The van der Waals surface area contributed by atoms with Gasteiger partial charge < -0.3 is 15.2 Å². The Kier molecular flexibility index (Phi) is 8.17. The van der Waals surface area contributed by atoms with Crippen LogP contribution in [0.1, 0.15) is 6.42 Å². The highest BCUT2D eigenvalue weighted by atomic mass is 19.4. The molecule has 1 unspecified atom stereocenters. The Hall–Kier alpha value is -2.64. The van der Waals surface area contributed by atoms with Crippen molar-refractivity contribution in [3.63, 3.8) is 0 Å². The molecule has 21 heteroatoms. The van der Waals surface area contributed by atoms with Gasteiger partial charge in [0.15, 0.2) is 0 Å². The molecule has 1 amide bonds. The molecule has 200 valence electrons. The highest BCUT2D eigenvalue weighted by Gasteiger charge is 2.94. The Morgan fingerprint density at radius 1 is 0.706 bits per heavy atom. The molecule has 34 heavy (non-hydrogen) atoms. The summed E-state index contributed by atoms with van der Waals surface area (Å²) in [5.41, 5.74) is 0. The van der Waals surface area contributed by atoms with Gasteiger partial charge in [0.2, 0.25) is 0 Å². The van der Waals surface area contributed by atoms with Gasteiger partial charge in [-0.25, -0.2) is 4.79 Å². The van der Waals surface area contributed by atoms with E-state index in [0.717, 1.165) is 0 Å². The van der Waals surface area contributed by atoms with Crippen molar-refractivity contribution < 1.29 is 90.1 Å². The topological polar surface area (TPSA) is 92.7 Å². The number of carbonyl (C=O) groups is 3. The second-order valence-electron chi connectivity index (χ2n) is 6.09. The van der Waals surface area contributed by atoms with Crippen LogP contribution in [0.3, 0.4) is 0 Å². The molecule has 0 aliphatic heterocycles. The normalized spacial score (nSPS) is 15.5. The lowest BCUT2D eigenvalue weighted by Gasteiger charge is -2.41. The summed E-state index contributed by atoms with van der Waals surface area (Å²) in [5.74, 6) is -57.4. The summed E-state index contributed by atoms with van der Waals surface area (Å²) in [6, 6.07) is -2.90. The van der Waals surface area contributed by atoms with Crippen LogP contribution in [0.5, 0.6) is 0 Å². The van der Waals surface area contributed by atoms with Gasteiger partial charge in [0, 0.05) is 0 Å². The molecule has 0 heterocycles. The van der Waals surface area contributed by atoms with Crippen molar-refractivity contribution in [2.24, 2.45) is 0 Å². The number of carbonyl (C=O) groups excluding carboxylic acids is 2. The number of aliphatic carboxylic acids is 1. The number of hydrogen-bond acceptors (Lipinski definition) is 4. The third kappa shape index (κ3) is 4.64. The number of esters is 1. The lowest BCUT2D eigenvalue weighted by atomic mass is 9.90. The maximum Gasteiger partial charge on any atom is 0.460 e. The zero-order valence-corrected chi connectivity index (χ0v) is 15.5. The first-order valence-corrected chi connectivity index (χ1v) is 7.62. The molecular weight excluding hydrogens is 535 g/mol. The number of ether oxygens (including phenoxy) is 1. The monoisotopic (exact) mass is 543 g/mol. The Bertz CT molecular complexity index is 807. The number of alkyl halides is 15. The van der Waals surface area contributed by atoms with Gasteiger partial charge in [-0.3, -0.25) is 9.59 Å². The number of amides is 1. The fraction of sp³-hybridized carbons (Fsp3) is 0.769. The molecule has 0 aromatic carbocycles. The summed E-state index contributed by atoms with van der Waals surface area (Å²) < 4.78 is 199. The van der Waals surface area contributed by atoms with E-state index in [-0.39, 0.29) is 0 Å². The van der Waals surface area contributed by atoms with Gasteiger partial charge in [0.25, 0.3) is 5.91 Å². The second kappa shape index (κ2) is 8.86. The summed E-state index contributed by atoms with van der Waals surface area (Å²) in [4.78, 5) is 32.9. The van der Waals surface area contributed by atoms with Gasteiger partial charge in [-0.2, -0.15) is 65.9 Å². The van der Waals surface area contributed by atoms with Crippen LogP contribution >= 0.6 is 0 Å². The fourth-order valence-corrected chi connectivity index (χ4v) is 1.87. The predicted octanol–water partition coefficient (Wildman–Crippen LogP) is 3.49. The van der Waals surface area contributed by atoms with Crippen molar-refractivity contribution in [1.29, 1.82) is 0 Å². The Balaban J connectivity index is 6.52. The van der Waals surface area contributed by atoms with Gasteiger partial charge in [-0.1, -0.05) is 0 Å². The predicted molar refractivity (Wildman–Crippen MR) is 71.9 cm³/mol. The van der Waals surface area contributed by atoms with Crippen LogP contribution in [0.25, 0.3) is 0 Å². The molecule has 0 saturated heterocycles. The molecule has 0 spiro atoms. The summed E-state index contributed by atoms with van der Waals surface area (Å²) >= 11 is 0. The van der Waals surface area contributed by atoms with E-state index < -0.39 is 72.0 Å². The van der Waals surface area contributed by atoms with Crippen LogP contribution in [-0.2, 0) is 19.1 Å². The highest BCUT2D eigenvalue weighted by molar-refractivity contribution is 5.91. The lowest BCUT2D eigenvalue weighted by molar-refractivity contribution is -0.449. The third-order valence-corrected chi connectivity index (χ3v) is 3.78. The Morgan fingerprint density at radius 3 is 1.38 bits per heavy atom. The molecule has 6 nitrogen and oxygen atoms in total. The molecule has 2 N–H and O–H groups in total. The van der Waals surface area contributed by atoms with Crippen molar-refractivity contribution in [1.82, 2.24) is 5.32 Å². The minimum absolute atomic E-state index is 0.344. The highest BCUT2D eigenvalue weighted by Crippen LogP contribution is 2.62. The van der Waals surface area contributed by atoms with E-state index in [1.165, 1.54) is 0 Å². The lowest BCUT2D eigenvalue weighted by Crippen LogP contribution is -2.74. The maximum atomic E-state index is 13.7. The number of hydrogen-bond donors (Lipinski definition) is 2. The van der Waals surface area contributed by atoms with Crippen molar-refractivity contribution in [3.05, 3.63) is 0 Å². The summed E-state index contributed by atoms with van der Waals surface area (Å²) in [5, 5.41) is 8.76. The number of rotatable bonds is 10. The average Bonchev–Trinajstić information content (AvgIpc) is 2.64. The van der Waals surface area contributed by atoms with Crippen LogP contribution in [0.4, 0.5) is 65.9 Å². The van der Waals surface area contributed by atoms with E-state index in [1.807, 2.05) is 0 Å². The number of methoxy groups -OCH3 is 1. The van der Waals surface area contributed by atoms with Crippen LogP contribution in [0.15, 0.2) is 0 Å². The molecule has 0 aromatic rings. The molecular formula is C13H8F15NO5. The average molecular weight is 543 g/mol. The molecule has 0 fully saturated rings. The molecule has 0 rings (SSSR count). The van der Waals surface area contributed by atoms with E-state index in [1.54, 1.807) is 0 Å². The van der Waals surface area contributed by atoms with Crippen LogP contribution in [0, 0.1) is 0 Å². The van der Waals surface area contributed by atoms with Crippen LogP contribution in [0.2, 0.25) is 0 Å². The van der Waals surface area contributed by atoms with Crippen LogP contribution in [-0.4, -0.2) is 77.8 Å². The first kappa shape index (κ1) is 31.4. The molecule has 0 aromatic heterocycles. The standard InChI is InChI=1S/C13H8F15NO5/c1-34-5(32)3(2-4(30)31)29-6(33)7(14,15)8(16,17)9(18,19)10(20,21)11(22,23)12(24,25)13(26,27)28/h3H,2H2,1H3,(H,29,33)(H,30,31). The smallest absolute Gasteiger partial charge is 0.460 e. The summed E-state index contributed by atoms with van der Waals surface area (Å²) in [6.07, 6.45) is -9.57. The summed E-state index contributed by atoms with van der Waals surface area (Å²) in [6.45, 7) is 0. The summed E-state index contributed by atoms with van der Waals surface area (Å²) in [7, 11) is 0.383. The SMILES string of the molecule is COC(=O)C(CC(=O)O)NC(=O)C(F)(F)C(F)(F)C(F)(F)C(F)(F)C(F)(F)C(F)(F)C(F)(F)F. The minimum atomic E-state index is -8.60. The third-order valence-electron chi connectivity index (χ3n) is 3.78. The van der Waals surface area contributed by atoms with E-state index in [4.69, 9.17) is 5.11 Å². The van der Waals surface area contributed by atoms with E-state index in [0.29, 0.717) is 12.4 Å².